The molecule has 29 heavy (non-hydrogen) atoms. The highest BCUT2D eigenvalue weighted by molar-refractivity contribution is 8.09. The van der Waals surface area contributed by atoms with Gasteiger partial charge < -0.3 is 9.47 Å². The molecule has 7 heteroatoms. The standard InChI is InChI=1S/C22H17NO4S2/c1-22(2)26-19(24)15(20(25)27-22)12-13-17(14-8-4-3-5-9-14)28-21-23-16-10-6-7-11-18(16)29-21/h3-13H,1-2H3. The van der Waals surface area contributed by atoms with Gasteiger partial charge in [0.1, 0.15) is 5.57 Å². The van der Waals surface area contributed by atoms with Crippen LogP contribution >= 0.6 is 23.1 Å². The third kappa shape index (κ3) is 4.41. The molecule has 1 aliphatic heterocycles. The topological polar surface area (TPSA) is 65.5 Å². The van der Waals surface area contributed by atoms with E-state index in [1.807, 2.05) is 54.6 Å². The molecule has 0 atom stereocenters. The predicted molar refractivity (Wildman–Crippen MR) is 114 cm³/mol. The van der Waals surface area contributed by atoms with Crippen LogP contribution in [0.2, 0.25) is 0 Å². The van der Waals surface area contributed by atoms with Crippen LogP contribution in [0, 0.1) is 0 Å². The van der Waals surface area contributed by atoms with E-state index in [1.54, 1.807) is 17.4 Å². The van der Waals surface area contributed by atoms with E-state index in [0.29, 0.717) is 0 Å². The van der Waals surface area contributed by atoms with Crippen molar-refractivity contribution >= 4 is 50.2 Å². The third-order valence-corrected chi connectivity index (χ3v) is 6.24. The highest BCUT2D eigenvalue weighted by atomic mass is 32.2. The number of thioether (sulfide) groups is 1. The number of carbonyl (C=O) groups excluding carboxylic acids is 2. The molecule has 1 aliphatic rings. The smallest absolute Gasteiger partial charge is 0.348 e. The van der Waals surface area contributed by atoms with Crippen LogP contribution in [0.15, 0.2) is 76.7 Å². The molecule has 0 bridgehead atoms. The van der Waals surface area contributed by atoms with E-state index in [0.717, 1.165) is 25.0 Å². The normalized spacial score (nSPS) is 16.5. The fraction of sp³-hybridized carbons (Fsp3) is 0.136. The van der Waals surface area contributed by atoms with E-state index in [2.05, 4.69) is 4.98 Å². The van der Waals surface area contributed by atoms with Crippen molar-refractivity contribution in [1.29, 1.82) is 0 Å². The second kappa shape index (κ2) is 7.85. The Morgan fingerprint density at radius 3 is 2.34 bits per heavy atom. The first-order valence-electron chi connectivity index (χ1n) is 8.89. The van der Waals surface area contributed by atoms with Crippen molar-refractivity contribution in [3.63, 3.8) is 0 Å². The number of fused-ring (bicyclic) bond motifs is 1. The number of allylic oxidation sites excluding steroid dienone is 2. The Bertz CT molecular complexity index is 1090. The lowest BCUT2D eigenvalue weighted by molar-refractivity contribution is -0.222. The molecule has 3 aromatic rings. The molecular weight excluding hydrogens is 406 g/mol. The van der Waals surface area contributed by atoms with Gasteiger partial charge in [-0.15, -0.1) is 11.3 Å². The second-order valence-corrected chi connectivity index (χ2v) is 9.03. The van der Waals surface area contributed by atoms with Gasteiger partial charge in [-0.25, -0.2) is 14.6 Å². The van der Waals surface area contributed by atoms with Crippen molar-refractivity contribution < 1.29 is 19.1 Å². The third-order valence-electron chi connectivity index (χ3n) is 4.05. The van der Waals surface area contributed by atoms with Crippen molar-refractivity contribution in [3.05, 3.63) is 77.9 Å². The molecule has 1 fully saturated rings. The molecule has 0 unspecified atom stereocenters. The Hall–Kier alpha value is -2.90. The Morgan fingerprint density at radius 1 is 1.00 bits per heavy atom. The van der Waals surface area contributed by atoms with Crippen LogP contribution in [0.4, 0.5) is 0 Å². The Balaban J connectivity index is 1.69. The number of esters is 2. The lowest BCUT2D eigenvalue weighted by Gasteiger charge is -2.29. The number of benzene rings is 2. The number of cyclic esters (lactones) is 2. The number of hydrogen-bond acceptors (Lipinski definition) is 7. The molecule has 0 saturated carbocycles. The summed E-state index contributed by atoms with van der Waals surface area (Å²) < 4.78 is 12.3. The van der Waals surface area contributed by atoms with Crippen LogP contribution in [0.3, 0.4) is 0 Å². The number of ether oxygens (including phenoxy) is 2. The van der Waals surface area contributed by atoms with Gasteiger partial charge >= 0.3 is 11.9 Å². The molecule has 0 amide bonds. The zero-order valence-corrected chi connectivity index (χ0v) is 17.4. The lowest BCUT2D eigenvalue weighted by Crippen LogP contribution is -2.41. The summed E-state index contributed by atoms with van der Waals surface area (Å²) in [6, 6.07) is 17.7. The Labute approximate surface area is 176 Å². The summed E-state index contributed by atoms with van der Waals surface area (Å²) in [6.45, 7) is 3.04. The number of para-hydroxylation sites is 1. The van der Waals surface area contributed by atoms with Gasteiger partial charge in [-0.1, -0.05) is 54.2 Å². The van der Waals surface area contributed by atoms with Gasteiger partial charge in [-0.3, -0.25) is 0 Å². The van der Waals surface area contributed by atoms with E-state index >= 15 is 0 Å². The van der Waals surface area contributed by atoms with E-state index in [1.165, 1.54) is 31.7 Å². The Kier molecular flexibility index (Phi) is 5.25. The average Bonchev–Trinajstić information content (AvgIpc) is 3.08. The number of carbonyl (C=O) groups is 2. The summed E-state index contributed by atoms with van der Waals surface area (Å²) in [5.74, 6) is -2.65. The molecule has 0 spiro atoms. The van der Waals surface area contributed by atoms with Crippen molar-refractivity contribution in [3.8, 4) is 0 Å². The van der Waals surface area contributed by atoms with Crippen LogP contribution in [-0.4, -0.2) is 22.7 Å². The fourth-order valence-electron chi connectivity index (χ4n) is 2.74. The molecule has 0 radical (unpaired) electrons. The quantitative estimate of drug-likeness (QED) is 0.249. The molecular formula is C22H17NO4S2. The maximum atomic E-state index is 12.2. The van der Waals surface area contributed by atoms with Crippen LogP contribution < -0.4 is 0 Å². The van der Waals surface area contributed by atoms with E-state index in [9.17, 15) is 9.59 Å². The van der Waals surface area contributed by atoms with E-state index in [4.69, 9.17) is 9.47 Å². The lowest BCUT2D eigenvalue weighted by atomic mass is 10.1. The Morgan fingerprint density at radius 2 is 1.66 bits per heavy atom. The van der Waals surface area contributed by atoms with Gasteiger partial charge in [0, 0.05) is 18.8 Å². The molecule has 0 aliphatic carbocycles. The van der Waals surface area contributed by atoms with Crippen molar-refractivity contribution in [1.82, 2.24) is 4.98 Å². The van der Waals surface area contributed by atoms with Gasteiger partial charge in [0.05, 0.1) is 10.2 Å². The maximum Gasteiger partial charge on any atom is 0.348 e. The summed E-state index contributed by atoms with van der Waals surface area (Å²) in [7, 11) is 0. The summed E-state index contributed by atoms with van der Waals surface area (Å²) in [5.41, 5.74) is 1.75. The summed E-state index contributed by atoms with van der Waals surface area (Å²) in [4.78, 5) is 29.9. The van der Waals surface area contributed by atoms with Gasteiger partial charge in [0.2, 0.25) is 0 Å². The number of rotatable bonds is 4. The van der Waals surface area contributed by atoms with Gasteiger partial charge in [0.25, 0.3) is 5.79 Å². The average molecular weight is 424 g/mol. The molecule has 1 aromatic heterocycles. The van der Waals surface area contributed by atoms with Crippen molar-refractivity contribution in [2.24, 2.45) is 0 Å². The summed E-state index contributed by atoms with van der Waals surface area (Å²) in [6.07, 6.45) is 3.17. The molecule has 2 aromatic carbocycles. The number of aromatic nitrogens is 1. The minimum absolute atomic E-state index is 0.136. The first kappa shape index (κ1) is 19.4. The predicted octanol–water partition coefficient (Wildman–Crippen LogP) is 5.19. The monoisotopic (exact) mass is 423 g/mol. The number of thiazole rings is 1. The SMILES string of the molecule is CC1(C)OC(=O)C(=CC=C(Sc2nc3ccccc3s2)c2ccccc2)C(=O)O1. The van der Waals surface area contributed by atoms with Gasteiger partial charge in [-0.2, -0.15) is 0 Å². The number of nitrogens with zero attached hydrogens (tertiary/aromatic N) is 1. The zero-order chi connectivity index (χ0) is 20.4. The summed E-state index contributed by atoms with van der Waals surface area (Å²) >= 11 is 3.07. The first-order chi connectivity index (χ1) is 13.9. The molecule has 5 nitrogen and oxygen atoms in total. The highest BCUT2D eigenvalue weighted by Crippen LogP contribution is 2.38. The fourth-order valence-corrected chi connectivity index (χ4v) is 4.86. The maximum absolute atomic E-state index is 12.2. The molecule has 4 rings (SSSR count). The second-order valence-electron chi connectivity index (χ2n) is 6.71. The first-order valence-corrected chi connectivity index (χ1v) is 10.5. The molecule has 0 N–H and O–H groups in total. The van der Waals surface area contributed by atoms with Crippen LogP contribution in [-0.2, 0) is 19.1 Å². The molecule has 2 heterocycles. The molecule has 1 saturated heterocycles. The van der Waals surface area contributed by atoms with Crippen molar-refractivity contribution in [2.45, 2.75) is 24.0 Å². The minimum atomic E-state index is -1.26. The van der Waals surface area contributed by atoms with E-state index < -0.39 is 17.7 Å². The van der Waals surface area contributed by atoms with Gasteiger partial charge in [-0.05, 0) is 29.8 Å². The highest BCUT2D eigenvalue weighted by Gasteiger charge is 2.38. The van der Waals surface area contributed by atoms with Crippen LogP contribution in [0.5, 0.6) is 0 Å². The minimum Gasteiger partial charge on any atom is -0.419 e. The zero-order valence-electron chi connectivity index (χ0n) is 15.7. The van der Waals surface area contributed by atoms with Gasteiger partial charge in [0.15, 0.2) is 4.34 Å². The van der Waals surface area contributed by atoms with Crippen molar-refractivity contribution in [2.75, 3.05) is 0 Å². The summed E-state index contributed by atoms with van der Waals surface area (Å²) in [5, 5.41) is 0. The molecule has 146 valence electrons. The largest absolute Gasteiger partial charge is 0.419 e. The number of hydrogen-bond donors (Lipinski definition) is 0. The van der Waals surface area contributed by atoms with E-state index in [-0.39, 0.29) is 5.57 Å². The van der Waals surface area contributed by atoms with Crippen LogP contribution in [0.25, 0.3) is 15.1 Å². The van der Waals surface area contributed by atoms with Crippen LogP contribution in [0.1, 0.15) is 19.4 Å².